The van der Waals surface area contributed by atoms with Crippen LogP contribution in [0.15, 0.2) is 24.5 Å². The van der Waals surface area contributed by atoms with Gasteiger partial charge in [-0.05, 0) is 32.2 Å². The molecule has 0 saturated heterocycles. The van der Waals surface area contributed by atoms with Crippen molar-refractivity contribution < 1.29 is 4.79 Å². The van der Waals surface area contributed by atoms with Gasteiger partial charge in [0.15, 0.2) is 0 Å². The van der Waals surface area contributed by atoms with Crippen LogP contribution < -0.4 is 0 Å². The van der Waals surface area contributed by atoms with Crippen LogP contribution in [-0.2, 0) is 11.3 Å². The van der Waals surface area contributed by atoms with Crippen LogP contribution in [0.3, 0.4) is 0 Å². The number of thioether (sulfide) groups is 1. The molecule has 144 valence electrons. The van der Waals surface area contributed by atoms with Crippen LogP contribution in [0.1, 0.15) is 44.7 Å². The summed E-state index contributed by atoms with van der Waals surface area (Å²) in [5, 5.41) is 0.964. The molecule has 0 fully saturated rings. The van der Waals surface area contributed by atoms with E-state index in [-0.39, 0.29) is 11.8 Å². The molecular weight excluding hydrogens is 362 g/mol. The molecule has 0 bridgehead atoms. The summed E-state index contributed by atoms with van der Waals surface area (Å²) in [6.45, 7) is 11.6. The first kappa shape index (κ1) is 22.6. The van der Waals surface area contributed by atoms with Crippen LogP contribution in [0.25, 0.3) is 10.6 Å². The fourth-order valence-electron chi connectivity index (χ4n) is 2.34. The van der Waals surface area contributed by atoms with E-state index in [4.69, 9.17) is 0 Å². The van der Waals surface area contributed by atoms with Crippen molar-refractivity contribution in [3.8, 4) is 10.6 Å². The number of carbonyl (C=O) groups excluding carboxylic acids is 1. The Morgan fingerprint density at radius 1 is 1.35 bits per heavy atom. The van der Waals surface area contributed by atoms with E-state index in [1.807, 2.05) is 50.3 Å². The van der Waals surface area contributed by atoms with Gasteiger partial charge in [-0.2, -0.15) is 11.8 Å². The summed E-state index contributed by atoms with van der Waals surface area (Å²) in [6.07, 6.45) is 6.87. The van der Waals surface area contributed by atoms with Gasteiger partial charge in [0.25, 0.3) is 0 Å². The highest BCUT2D eigenvalue weighted by Gasteiger charge is 2.21. The molecule has 0 aliphatic heterocycles. The van der Waals surface area contributed by atoms with Gasteiger partial charge in [0, 0.05) is 41.0 Å². The van der Waals surface area contributed by atoms with Crippen molar-refractivity contribution in [1.82, 2.24) is 14.9 Å². The second kappa shape index (κ2) is 12.1. The summed E-state index contributed by atoms with van der Waals surface area (Å²) in [6, 6.07) is 3.93. The van der Waals surface area contributed by atoms with E-state index in [1.165, 1.54) is 6.42 Å². The second-order valence-corrected chi connectivity index (χ2v) is 8.18. The summed E-state index contributed by atoms with van der Waals surface area (Å²) >= 11 is 3.36. The highest BCUT2D eigenvalue weighted by Crippen LogP contribution is 2.28. The molecule has 0 radical (unpaired) electrons. The lowest BCUT2D eigenvalue weighted by Gasteiger charge is -2.23. The first-order valence-corrected chi connectivity index (χ1v) is 11.3. The zero-order valence-corrected chi connectivity index (χ0v) is 18.4. The van der Waals surface area contributed by atoms with Crippen molar-refractivity contribution in [2.75, 3.05) is 18.6 Å². The second-order valence-electron chi connectivity index (χ2n) is 6.19. The number of carbonyl (C=O) groups is 1. The minimum absolute atomic E-state index is 0.0518. The van der Waals surface area contributed by atoms with Gasteiger partial charge in [0.05, 0.1) is 12.2 Å². The Bertz CT molecular complexity index is 658. The Morgan fingerprint density at radius 2 is 2.04 bits per heavy atom. The van der Waals surface area contributed by atoms with Crippen LogP contribution in [0.5, 0.6) is 0 Å². The van der Waals surface area contributed by atoms with Crippen molar-refractivity contribution in [3.63, 3.8) is 0 Å². The van der Waals surface area contributed by atoms with Crippen molar-refractivity contribution in [1.29, 1.82) is 0 Å². The zero-order valence-electron chi connectivity index (χ0n) is 16.8. The molecule has 0 aromatic carbocycles. The first-order chi connectivity index (χ1) is 12.5. The summed E-state index contributed by atoms with van der Waals surface area (Å²) in [5.41, 5.74) is 2.02. The van der Waals surface area contributed by atoms with Crippen molar-refractivity contribution >= 4 is 29.0 Å². The van der Waals surface area contributed by atoms with Gasteiger partial charge in [0.1, 0.15) is 5.01 Å². The monoisotopic (exact) mass is 393 g/mol. The first-order valence-electron chi connectivity index (χ1n) is 9.12. The maximum atomic E-state index is 12.5. The molecule has 0 saturated carbocycles. The zero-order chi connectivity index (χ0) is 19.5. The predicted molar refractivity (Wildman–Crippen MR) is 115 cm³/mol. The van der Waals surface area contributed by atoms with E-state index >= 15 is 0 Å². The number of hydrogen-bond acceptors (Lipinski definition) is 5. The fourth-order valence-corrected chi connectivity index (χ4v) is 4.05. The number of pyridine rings is 1. The highest BCUT2D eigenvalue weighted by molar-refractivity contribution is 7.98. The Hall–Kier alpha value is -1.40. The topological polar surface area (TPSA) is 46.1 Å². The molecule has 1 unspecified atom stereocenters. The van der Waals surface area contributed by atoms with Gasteiger partial charge >= 0.3 is 0 Å². The van der Waals surface area contributed by atoms with E-state index in [2.05, 4.69) is 23.8 Å². The van der Waals surface area contributed by atoms with Crippen molar-refractivity contribution in [2.24, 2.45) is 5.92 Å². The molecule has 0 aliphatic carbocycles. The third-order valence-electron chi connectivity index (χ3n) is 3.67. The molecule has 2 aromatic heterocycles. The lowest BCUT2D eigenvalue weighted by atomic mass is 10.2. The summed E-state index contributed by atoms with van der Waals surface area (Å²) in [4.78, 5) is 24.4. The molecule has 0 N–H and O–H groups in total. The quantitative estimate of drug-likeness (QED) is 0.642. The highest BCUT2D eigenvalue weighted by atomic mass is 32.2. The van der Waals surface area contributed by atoms with E-state index < -0.39 is 0 Å². The molecule has 26 heavy (non-hydrogen) atoms. The number of amides is 1. The lowest BCUT2D eigenvalue weighted by Crippen LogP contribution is -2.35. The summed E-state index contributed by atoms with van der Waals surface area (Å²) < 4.78 is 0. The maximum Gasteiger partial charge on any atom is 0.226 e. The van der Waals surface area contributed by atoms with Gasteiger partial charge in [-0.25, -0.2) is 4.98 Å². The van der Waals surface area contributed by atoms with Crippen molar-refractivity contribution in [3.05, 3.63) is 35.1 Å². The standard InChI is InChI=1S/C17H23N3OS2.C3H8/c1-5-20(17(21)12(2)11-22-4)10-15-13(3)19-16(23-15)14-7-6-8-18-9-14;1-3-2/h6-9,12H,5,10-11H2,1-4H3;3H2,1-2H3. The van der Waals surface area contributed by atoms with E-state index in [1.54, 1.807) is 29.3 Å². The molecular formula is C20H31N3OS2. The van der Waals surface area contributed by atoms with E-state index in [0.717, 1.165) is 33.4 Å². The van der Waals surface area contributed by atoms with Crippen LogP contribution >= 0.6 is 23.1 Å². The average molecular weight is 394 g/mol. The Labute approximate surface area is 166 Å². The number of rotatable bonds is 7. The number of hydrogen-bond donors (Lipinski definition) is 0. The van der Waals surface area contributed by atoms with Gasteiger partial charge < -0.3 is 4.90 Å². The summed E-state index contributed by atoms with van der Waals surface area (Å²) in [5.74, 6) is 1.13. The molecule has 2 heterocycles. The SMILES string of the molecule is CCC.CCN(Cc1sc(-c2cccnc2)nc1C)C(=O)C(C)CSC. The average Bonchev–Trinajstić information content (AvgIpc) is 3.01. The fraction of sp³-hybridized carbons (Fsp3) is 0.550. The van der Waals surface area contributed by atoms with Crippen molar-refractivity contribution in [2.45, 2.75) is 47.6 Å². The molecule has 1 atom stereocenters. The number of nitrogens with zero attached hydrogens (tertiary/aromatic N) is 3. The number of thiazole rings is 1. The molecule has 0 aliphatic rings. The minimum atomic E-state index is 0.0518. The molecule has 1 amide bonds. The maximum absolute atomic E-state index is 12.5. The summed E-state index contributed by atoms with van der Waals surface area (Å²) in [7, 11) is 0. The Kier molecular flexibility index (Phi) is 10.5. The Balaban J connectivity index is 0.00000105. The van der Waals surface area contributed by atoms with Crippen LogP contribution in [0.4, 0.5) is 0 Å². The molecule has 2 aromatic rings. The third kappa shape index (κ3) is 6.72. The van der Waals surface area contributed by atoms with E-state index in [0.29, 0.717) is 6.54 Å². The van der Waals surface area contributed by atoms with Gasteiger partial charge in [-0.1, -0.05) is 27.2 Å². The van der Waals surface area contributed by atoms with Gasteiger partial charge in [0.2, 0.25) is 5.91 Å². The normalized spacial score (nSPS) is 11.5. The molecule has 4 nitrogen and oxygen atoms in total. The van der Waals surface area contributed by atoms with Gasteiger partial charge in [-0.15, -0.1) is 11.3 Å². The number of aryl methyl sites for hydroxylation is 1. The smallest absolute Gasteiger partial charge is 0.226 e. The largest absolute Gasteiger partial charge is 0.338 e. The third-order valence-corrected chi connectivity index (χ3v) is 5.69. The predicted octanol–water partition coefficient (Wildman–Crippen LogP) is 5.28. The number of aromatic nitrogens is 2. The molecule has 6 heteroatoms. The Morgan fingerprint density at radius 3 is 2.58 bits per heavy atom. The van der Waals surface area contributed by atoms with Crippen LogP contribution in [-0.4, -0.2) is 39.3 Å². The van der Waals surface area contributed by atoms with Crippen LogP contribution in [0, 0.1) is 12.8 Å². The molecule has 0 spiro atoms. The lowest BCUT2D eigenvalue weighted by molar-refractivity contribution is -0.134. The minimum Gasteiger partial charge on any atom is -0.338 e. The van der Waals surface area contributed by atoms with E-state index in [9.17, 15) is 4.79 Å². The van der Waals surface area contributed by atoms with Crippen LogP contribution in [0.2, 0.25) is 0 Å². The van der Waals surface area contributed by atoms with Gasteiger partial charge in [-0.3, -0.25) is 9.78 Å². The molecule has 2 rings (SSSR count).